The van der Waals surface area contributed by atoms with Crippen molar-refractivity contribution in [2.75, 3.05) is 18.9 Å². The number of aromatic hydroxyl groups is 1. The quantitative estimate of drug-likeness (QED) is 0.504. The smallest absolute Gasteiger partial charge is 0.150 e. The first-order valence-corrected chi connectivity index (χ1v) is 8.51. The van der Waals surface area contributed by atoms with Crippen molar-refractivity contribution in [2.24, 2.45) is 5.73 Å². The SMILES string of the molecule is NCCOc1cccc(-n2cc(-c3cccc(O)c3)c3c(N)ncnc32)c1. The van der Waals surface area contributed by atoms with E-state index in [0.717, 1.165) is 28.0 Å². The minimum atomic E-state index is 0.181. The lowest BCUT2D eigenvalue weighted by atomic mass is 10.1. The zero-order valence-corrected chi connectivity index (χ0v) is 14.5. The van der Waals surface area contributed by atoms with Gasteiger partial charge in [0.1, 0.15) is 30.3 Å². The van der Waals surface area contributed by atoms with Gasteiger partial charge in [0, 0.05) is 24.4 Å². The fraction of sp³-hybridized carbons (Fsp3) is 0.100. The Kier molecular flexibility index (Phi) is 4.35. The normalized spacial score (nSPS) is 11.0. The second kappa shape index (κ2) is 6.97. The Balaban J connectivity index is 1.91. The molecule has 0 amide bonds. The number of phenols is 1. The third-order valence-electron chi connectivity index (χ3n) is 4.25. The maximum absolute atomic E-state index is 9.86. The highest BCUT2D eigenvalue weighted by Gasteiger charge is 2.16. The van der Waals surface area contributed by atoms with E-state index in [1.165, 1.54) is 6.33 Å². The number of fused-ring (bicyclic) bond motifs is 1. The van der Waals surface area contributed by atoms with Gasteiger partial charge in [0.2, 0.25) is 0 Å². The summed E-state index contributed by atoms with van der Waals surface area (Å²) in [5.41, 5.74) is 14.9. The highest BCUT2D eigenvalue weighted by molar-refractivity contribution is 6.01. The van der Waals surface area contributed by atoms with Crippen LogP contribution in [0.4, 0.5) is 5.82 Å². The van der Waals surface area contributed by atoms with Crippen LogP contribution < -0.4 is 16.2 Å². The molecule has 0 fully saturated rings. The predicted molar refractivity (Wildman–Crippen MR) is 105 cm³/mol. The van der Waals surface area contributed by atoms with E-state index in [2.05, 4.69) is 9.97 Å². The lowest BCUT2D eigenvalue weighted by Gasteiger charge is -2.08. The molecule has 0 radical (unpaired) electrons. The number of nitrogen functional groups attached to an aromatic ring is 1. The summed E-state index contributed by atoms with van der Waals surface area (Å²) in [6.07, 6.45) is 3.38. The molecule has 2 heterocycles. The highest BCUT2D eigenvalue weighted by atomic mass is 16.5. The minimum Gasteiger partial charge on any atom is -0.508 e. The van der Waals surface area contributed by atoms with E-state index in [1.807, 2.05) is 41.1 Å². The van der Waals surface area contributed by atoms with Crippen LogP contribution in [0.2, 0.25) is 0 Å². The summed E-state index contributed by atoms with van der Waals surface area (Å²) in [6.45, 7) is 0.891. The lowest BCUT2D eigenvalue weighted by Crippen LogP contribution is -2.10. The van der Waals surface area contributed by atoms with Gasteiger partial charge in [-0.15, -0.1) is 0 Å². The zero-order chi connectivity index (χ0) is 18.8. The number of nitrogens with zero attached hydrogens (tertiary/aromatic N) is 3. The molecule has 136 valence electrons. The average molecular weight is 361 g/mol. The van der Waals surface area contributed by atoms with Gasteiger partial charge < -0.3 is 25.9 Å². The Bertz CT molecular complexity index is 1110. The van der Waals surface area contributed by atoms with Crippen LogP contribution in [0.25, 0.3) is 27.8 Å². The first kappa shape index (κ1) is 16.9. The largest absolute Gasteiger partial charge is 0.508 e. The van der Waals surface area contributed by atoms with Crippen molar-refractivity contribution in [1.29, 1.82) is 0 Å². The van der Waals surface area contributed by atoms with Crippen molar-refractivity contribution in [2.45, 2.75) is 0 Å². The zero-order valence-electron chi connectivity index (χ0n) is 14.5. The van der Waals surface area contributed by atoms with Crippen molar-refractivity contribution in [1.82, 2.24) is 14.5 Å². The molecular weight excluding hydrogens is 342 g/mol. The van der Waals surface area contributed by atoms with Crippen molar-refractivity contribution in [3.63, 3.8) is 0 Å². The Morgan fingerprint density at radius 3 is 2.74 bits per heavy atom. The molecule has 4 rings (SSSR count). The van der Waals surface area contributed by atoms with E-state index in [4.69, 9.17) is 16.2 Å². The van der Waals surface area contributed by atoms with E-state index in [0.29, 0.717) is 24.6 Å². The maximum atomic E-state index is 9.86. The fourth-order valence-electron chi connectivity index (χ4n) is 3.07. The van der Waals surface area contributed by atoms with Crippen molar-refractivity contribution in [3.05, 3.63) is 61.1 Å². The maximum Gasteiger partial charge on any atom is 0.150 e. The summed E-state index contributed by atoms with van der Waals surface area (Å²) in [5, 5.41) is 10.6. The molecule has 2 aromatic heterocycles. The van der Waals surface area contributed by atoms with Gasteiger partial charge in [0.05, 0.1) is 11.1 Å². The third kappa shape index (κ3) is 3.16. The number of benzene rings is 2. The Labute approximate surface area is 155 Å². The molecular formula is C20H19N5O2. The summed E-state index contributed by atoms with van der Waals surface area (Å²) in [6, 6.07) is 14.7. The number of aromatic nitrogens is 3. The molecule has 5 N–H and O–H groups in total. The minimum absolute atomic E-state index is 0.181. The number of ether oxygens (including phenoxy) is 1. The first-order valence-electron chi connectivity index (χ1n) is 8.51. The van der Waals surface area contributed by atoms with Crippen molar-refractivity contribution in [3.8, 4) is 28.3 Å². The molecule has 4 aromatic rings. The van der Waals surface area contributed by atoms with Crippen LogP contribution in [-0.4, -0.2) is 32.8 Å². The third-order valence-corrected chi connectivity index (χ3v) is 4.25. The van der Waals surface area contributed by atoms with Gasteiger partial charge in [0.25, 0.3) is 0 Å². The van der Waals surface area contributed by atoms with Gasteiger partial charge in [-0.2, -0.15) is 0 Å². The summed E-state index contributed by atoms with van der Waals surface area (Å²) < 4.78 is 7.56. The lowest BCUT2D eigenvalue weighted by molar-refractivity contribution is 0.328. The summed E-state index contributed by atoms with van der Waals surface area (Å²) in [5.74, 6) is 1.29. The van der Waals surface area contributed by atoms with Crippen LogP contribution in [0, 0.1) is 0 Å². The Hall–Kier alpha value is -3.58. The molecule has 0 saturated carbocycles. The van der Waals surface area contributed by atoms with Crippen LogP contribution >= 0.6 is 0 Å². The van der Waals surface area contributed by atoms with E-state index in [9.17, 15) is 5.11 Å². The van der Waals surface area contributed by atoms with Gasteiger partial charge in [0.15, 0.2) is 5.65 Å². The van der Waals surface area contributed by atoms with Gasteiger partial charge in [-0.1, -0.05) is 18.2 Å². The topological polar surface area (TPSA) is 112 Å². The molecule has 0 aliphatic carbocycles. The van der Waals surface area contributed by atoms with Crippen LogP contribution in [0.3, 0.4) is 0 Å². The molecule has 0 aliphatic heterocycles. The predicted octanol–water partition coefficient (Wildman–Crippen LogP) is 2.71. The summed E-state index contributed by atoms with van der Waals surface area (Å²) in [4.78, 5) is 8.56. The summed E-state index contributed by atoms with van der Waals surface area (Å²) >= 11 is 0. The number of rotatable bonds is 5. The van der Waals surface area contributed by atoms with E-state index in [-0.39, 0.29) is 5.75 Å². The molecule has 0 unspecified atom stereocenters. The number of hydrogen-bond donors (Lipinski definition) is 3. The van der Waals surface area contributed by atoms with Gasteiger partial charge in [-0.25, -0.2) is 9.97 Å². The van der Waals surface area contributed by atoms with Crippen molar-refractivity contribution >= 4 is 16.9 Å². The van der Waals surface area contributed by atoms with Crippen LogP contribution in [-0.2, 0) is 0 Å². The molecule has 7 nitrogen and oxygen atoms in total. The molecule has 2 aromatic carbocycles. The molecule has 7 heteroatoms. The number of phenolic OH excluding ortho intramolecular Hbond substituents is 1. The highest BCUT2D eigenvalue weighted by Crippen LogP contribution is 2.35. The van der Waals surface area contributed by atoms with Gasteiger partial charge in [-0.05, 0) is 29.8 Å². The standard InChI is InChI=1S/C20H19N5O2/c21-7-8-27-16-6-2-4-14(10-16)25-11-17(13-3-1-5-15(26)9-13)18-19(22)23-12-24-20(18)25/h1-6,9-12,26H,7-8,21H2,(H2,22,23,24). The van der Waals surface area contributed by atoms with Crippen LogP contribution in [0.15, 0.2) is 61.1 Å². The fourth-order valence-corrected chi connectivity index (χ4v) is 3.07. The molecule has 0 spiro atoms. The number of nitrogens with two attached hydrogens (primary N) is 2. The van der Waals surface area contributed by atoms with Crippen LogP contribution in [0.1, 0.15) is 0 Å². The number of hydrogen-bond acceptors (Lipinski definition) is 6. The summed E-state index contributed by atoms with van der Waals surface area (Å²) in [7, 11) is 0. The number of anilines is 1. The molecule has 0 aliphatic rings. The Morgan fingerprint density at radius 2 is 1.93 bits per heavy atom. The molecule has 27 heavy (non-hydrogen) atoms. The van der Waals surface area contributed by atoms with E-state index < -0.39 is 0 Å². The average Bonchev–Trinajstić information content (AvgIpc) is 3.08. The molecule has 0 saturated heterocycles. The molecule has 0 bridgehead atoms. The Morgan fingerprint density at radius 1 is 1.07 bits per heavy atom. The second-order valence-corrected chi connectivity index (χ2v) is 6.06. The van der Waals surface area contributed by atoms with Crippen LogP contribution in [0.5, 0.6) is 11.5 Å². The first-order chi connectivity index (χ1) is 13.2. The monoisotopic (exact) mass is 361 g/mol. The molecule has 0 atom stereocenters. The van der Waals surface area contributed by atoms with Crippen molar-refractivity contribution < 1.29 is 9.84 Å². The van der Waals surface area contributed by atoms with E-state index >= 15 is 0 Å². The second-order valence-electron chi connectivity index (χ2n) is 6.06. The van der Waals surface area contributed by atoms with Gasteiger partial charge in [-0.3, -0.25) is 0 Å². The van der Waals surface area contributed by atoms with E-state index in [1.54, 1.807) is 18.2 Å². The van der Waals surface area contributed by atoms with Gasteiger partial charge >= 0.3 is 0 Å².